The van der Waals surface area contributed by atoms with Crippen molar-refractivity contribution in [1.29, 1.82) is 0 Å². The molecule has 1 atom stereocenters. The Morgan fingerprint density at radius 2 is 2.00 bits per heavy atom. The lowest BCUT2D eigenvalue weighted by Gasteiger charge is -2.22. The van der Waals surface area contributed by atoms with Gasteiger partial charge in [-0.2, -0.15) is 0 Å². The third kappa shape index (κ3) is 2.02. The first kappa shape index (κ1) is 9.41. The zero-order valence-electron chi connectivity index (χ0n) is 8.20. The fourth-order valence-corrected chi connectivity index (χ4v) is 1.88. The van der Waals surface area contributed by atoms with Gasteiger partial charge in [0.05, 0.1) is 6.04 Å². The summed E-state index contributed by atoms with van der Waals surface area (Å²) in [6.45, 7) is 0.975. The lowest BCUT2D eigenvalue weighted by atomic mass is 9.96. The molecule has 1 aromatic rings. The molecule has 1 unspecified atom stereocenters. The van der Waals surface area contributed by atoms with Gasteiger partial charge in [-0.1, -0.05) is 36.8 Å². The Morgan fingerprint density at radius 3 is 2.64 bits per heavy atom. The molecule has 74 valence electrons. The molecule has 1 saturated heterocycles. The van der Waals surface area contributed by atoms with Crippen LogP contribution in [-0.2, 0) is 0 Å². The van der Waals surface area contributed by atoms with Crippen LogP contribution in [0.5, 0.6) is 0 Å². The molecule has 14 heavy (non-hydrogen) atoms. The third-order valence-corrected chi connectivity index (χ3v) is 2.69. The normalized spacial score (nSPS) is 21.9. The zero-order chi connectivity index (χ0) is 9.80. The van der Waals surface area contributed by atoms with E-state index < -0.39 is 0 Å². The molecule has 1 aliphatic heterocycles. The van der Waals surface area contributed by atoms with Gasteiger partial charge in [-0.15, -0.1) is 0 Å². The van der Waals surface area contributed by atoms with E-state index in [4.69, 9.17) is 0 Å². The van der Waals surface area contributed by atoms with E-state index >= 15 is 0 Å². The highest BCUT2D eigenvalue weighted by molar-refractivity contribution is 6.00. The number of Topliss-reactive ketones (excluding diaryl/α,β-unsaturated/α-hetero) is 1. The van der Waals surface area contributed by atoms with Gasteiger partial charge in [-0.05, 0) is 19.4 Å². The standard InChI is InChI=1S/C12H15NO/c14-12(10-6-2-1-3-7-10)11-8-4-5-9-13-11/h1-3,6-7,11,13H,4-5,8-9H2. The number of ketones is 1. The van der Waals surface area contributed by atoms with Crippen molar-refractivity contribution in [2.75, 3.05) is 6.54 Å². The molecule has 1 N–H and O–H groups in total. The van der Waals surface area contributed by atoms with E-state index in [2.05, 4.69) is 5.32 Å². The van der Waals surface area contributed by atoms with Crippen LogP contribution in [0.1, 0.15) is 29.6 Å². The Morgan fingerprint density at radius 1 is 1.21 bits per heavy atom. The van der Waals surface area contributed by atoms with Gasteiger partial charge < -0.3 is 5.32 Å². The van der Waals surface area contributed by atoms with Crippen molar-refractivity contribution in [3.8, 4) is 0 Å². The molecule has 1 fully saturated rings. The SMILES string of the molecule is O=C(c1ccccc1)C1CCCCN1. The minimum Gasteiger partial charge on any atom is -0.307 e. The van der Waals surface area contributed by atoms with E-state index in [0.29, 0.717) is 0 Å². The predicted molar refractivity (Wildman–Crippen MR) is 56.4 cm³/mol. The maximum absolute atomic E-state index is 11.9. The molecule has 1 heterocycles. The Labute approximate surface area is 84.3 Å². The van der Waals surface area contributed by atoms with Crippen LogP contribution in [-0.4, -0.2) is 18.4 Å². The van der Waals surface area contributed by atoms with Crippen LogP contribution in [0.2, 0.25) is 0 Å². The van der Waals surface area contributed by atoms with E-state index in [1.165, 1.54) is 6.42 Å². The smallest absolute Gasteiger partial charge is 0.179 e. The van der Waals surface area contributed by atoms with Crippen molar-refractivity contribution in [2.24, 2.45) is 0 Å². The summed E-state index contributed by atoms with van der Waals surface area (Å²) in [6, 6.07) is 9.58. The van der Waals surface area contributed by atoms with Crippen molar-refractivity contribution in [1.82, 2.24) is 5.32 Å². The Balaban J connectivity index is 2.07. The molecular formula is C12H15NO. The molecule has 0 amide bonds. The number of carbonyl (C=O) groups is 1. The Bertz CT molecular complexity index is 301. The van der Waals surface area contributed by atoms with Crippen LogP contribution >= 0.6 is 0 Å². The van der Waals surface area contributed by atoms with E-state index in [1.54, 1.807) is 0 Å². The summed E-state index contributed by atoms with van der Waals surface area (Å²) in [5.41, 5.74) is 0.826. The molecule has 0 bridgehead atoms. The van der Waals surface area contributed by atoms with Crippen LogP contribution in [0.4, 0.5) is 0 Å². The second kappa shape index (κ2) is 4.38. The first-order valence-corrected chi connectivity index (χ1v) is 5.20. The summed E-state index contributed by atoms with van der Waals surface area (Å²) in [5, 5.41) is 3.27. The van der Waals surface area contributed by atoms with E-state index in [1.807, 2.05) is 30.3 Å². The van der Waals surface area contributed by atoms with Gasteiger partial charge in [0.2, 0.25) is 0 Å². The van der Waals surface area contributed by atoms with Crippen molar-refractivity contribution in [3.05, 3.63) is 35.9 Å². The number of hydrogen-bond acceptors (Lipinski definition) is 2. The second-order valence-corrected chi connectivity index (χ2v) is 3.73. The van der Waals surface area contributed by atoms with Crippen LogP contribution < -0.4 is 5.32 Å². The highest BCUT2D eigenvalue weighted by Gasteiger charge is 2.21. The van der Waals surface area contributed by atoms with Gasteiger partial charge in [-0.3, -0.25) is 4.79 Å². The lowest BCUT2D eigenvalue weighted by molar-refractivity contribution is 0.0927. The molecule has 1 aromatic carbocycles. The average Bonchev–Trinajstić information content (AvgIpc) is 2.30. The number of hydrogen-bond donors (Lipinski definition) is 1. The van der Waals surface area contributed by atoms with Gasteiger partial charge >= 0.3 is 0 Å². The molecule has 0 spiro atoms. The first-order valence-electron chi connectivity index (χ1n) is 5.20. The van der Waals surface area contributed by atoms with Crippen molar-refractivity contribution >= 4 is 5.78 Å². The number of nitrogens with one attached hydrogen (secondary N) is 1. The molecule has 0 aromatic heterocycles. The minimum atomic E-state index is 0.0474. The number of piperidine rings is 1. The molecule has 1 aliphatic rings. The third-order valence-electron chi connectivity index (χ3n) is 2.69. The van der Waals surface area contributed by atoms with Crippen LogP contribution in [0.25, 0.3) is 0 Å². The Kier molecular flexibility index (Phi) is 2.94. The fourth-order valence-electron chi connectivity index (χ4n) is 1.88. The van der Waals surface area contributed by atoms with Gasteiger partial charge in [0, 0.05) is 5.56 Å². The highest BCUT2D eigenvalue weighted by atomic mass is 16.1. The average molecular weight is 189 g/mol. The summed E-state index contributed by atoms with van der Waals surface area (Å²) >= 11 is 0. The van der Waals surface area contributed by atoms with Crippen LogP contribution in [0.15, 0.2) is 30.3 Å². The largest absolute Gasteiger partial charge is 0.307 e. The summed E-state index contributed by atoms with van der Waals surface area (Å²) in [6.07, 6.45) is 3.34. The quantitative estimate of drug-likeness (QED) is 0.721. The van der Waals surface area contributed by atoms with Gasteiger partial charge in [-0.25, -0.2) is 0 Å². The summed E-state index contributed by atoms with van der Waals surface area (Å²) in [7, 11) is 0. The number of rotatable bonds is 2. The first-order chi connectivity index (χ1) is 6.88. The monoisotopic (exact) mass is 189 g/mol. The van der Waals surface area contributed by atoms with E-state index in [-0.39, 0.29) is 11.8 Å². The molecular weight excluding hydrogens is 174 g/mol. The van der Waals surface area contributed by atoms with Crippen molar-refractivity contribution < 1.29 is 4.79 Å². The molecule has 0 aliphatic carbocycles. The maximum Gasteiger partial charge on any atom is 0.179 e. The fraction of sp³-hybridized carbons (Fsp3) is 0.417. The van der Waals surface area contributed by atoms with Gasteiger partial charge in [0.25, 0.3) is 0 Å². The van der Waals surface area contributed by atoms with Crippen LogP contribution in [0.3, 0.4) is 0 Å². The lowest BCUT2D eigenvalue weighted by Crippen LogP contribution is -2.40. The molecule has 0 radical (unpaired) electrons. The second-order valence-electron chi connectivity index (χ2n) is 3.73. The zero-order valence-corrected chi connectivity index (χ0v) is 8.20. The minimum absolute atomic E-state index is 0.0474. The highest BCUT2D eigenvalue weighted by Crippen LogP contribution is 2.12. The van der Waals surface area contributed by atoms with E-state index in [9.17, 15) is 4.79 Å². The number of carbonyl (C=O) groups excluding carboxylic acids is 1. The van der Waals surface area contributed by atoms with Crippen molar-refractivity contribution in [3.63, 3.8) is 0 Å². The molecule has 2 heteroatoms. The predicted octanol–water partition coefficient (Wildman–Crippen LogP) is 2.01. The van der Waals surface area contributed by atoms with E-state index in [0.717, 1.165) is 24.9 Å². The summed E-state index contributed by atoms with van der Waals surface area (Å²) < 4.78 is 0. The molecule has 2 rings (SSSR count). The number of benzene rings is 1. The summed E-state index contributed by atoms with van der Waals surface area (Å²) in [4.78, 5) is 11.9. The maximum atomic E-state index is 11.9. The van der Waals surface area contributed by atoms with Crippen molar-refractivity contribution in [2.45, 2.75) is 25.3 Å². The molecule has 0 saturated carbocycles. The van der Waals surface area contributed by atoms with Gasteiger partial charge in [0.1, 0.15) is 0 Å². The van der Waals surface area contributed by atoms with Crippen LogP contribution in [0, 0.1) is 0 Å². The Hall–Kier alpha value is -1.15. The summed E-state index contributed by atoms with van der Waals surface area (Å²) in [5.74, 6) is 0.241. The van der Waals surface area contributed by atoms with Gasteiger partial charge in [0.15, 0.2) is 5.78 Å². The topological polar surface area (TPSA) is 29.1 Å². The molecule has 2 nitrogen and oxygen atoms in total.